The van der Waals surface area contributed by atoms with Crippen molar-refractivity contribution in [2.45, 2.75) is 45.2 Å². The molecule has 0 aromatic carbocycles. The van der Waals surface area contributed by atoms with Gasteiger partial charge in [-0.3, -0.25) is 13.9 Å². The normalized spacial score (nSPS) is 18.4. The van der Waals surface area contributed by atoms with Gasteiger partial charge in [-0.05, 0) is 31.7 Å². The third kappa shape index (κ3) is 3.08. The zero-order chi connectivity index (χ0) is 16.5. The molecule has 1 aliphatic heterocycles. The molecular formula is C17H21N5OS. The van der Waals surface area contributed by atoms with Crippen LogP contribution in [0.4, 0.5) is 0 Å². The minimum Gasteiger partial charge on any atom is -0.338 e. The number of amides is 1. The average Bonchev–Trinajstić information content (AvgIpc) is 3.24. The van der Waals surface area contributed by atoms with Crippen LogP contribution in [0.25, 0.3) is 4.96 Å². The molecule has 1 saturated heterocycles. The van der Waals surface area contributed by atoms with E-state index in [1.54, 1.807) is 11.3 Å². The summed E-state index contributed by atoms with van der Waals surface area (Å²) in [6.45, 7) is 3.65. The SMILES string of the molecule is Cc1cnn(CC2CCCCN2C(=O)Cc2cn3ccsc3n2)c1. The van der Waals surface area contributed by atoms with Crippen molar-refractivity contribution in [2.75, 3.05) is 6.54 Å². The Morgan fingerprint density at radius 2 is 2.29 bits per heavy atom. The number of thiazole rings is 1. The summed E-state index contributed by atoms with van der Waals surface area (Å²) in [5, 5.41) is 6.37. The molecule has 0 spiro atoms. The predicted molar refractivity (Wildman–Crippen MR) is 93.1 cm³/mol. The fourth-order valence-electron chi connectivity index (χ4n) is 3.42. The van der Waals surface area contributed by atoms with Crippen molar-refractivity contribution in [1.82, 2.24) is 24.1 Å². The molecule has 4 rings (SSSR count). The molecule has 3 aromatic heterocycles. The minimum atomic E-state index is 0.175. The second kappa shape index (κ2) is 6.39. The lowest BCUT2D eigenvalue weighted by Gasteiger charge is -2.35. The molecule has 1 atom stereocenters. The number of rotatable bonds is 4. The van der Waals surface area contributed by atoms with Gasteiger partial charge < -0.3 is 4.90 Å². The van der Waals surface area contributed by atoms with E-state index >= 15 is 0 Å². The van der Waals surface area contributed by atoms with Crippen LogP contribution in [0, 0.1) is 6.92 Å². The molecule has 7 heteroatoms. The zero-order valence-electron chi connectivity index (χ0n) is 13.8. The number of carbonyl (C=O) groups is 1. The first-order chi connectivity index (χ1) is 11.7. The fraction of sp³-hybridized carbons (Fsp3) is 0.471. The summed E-state index contributed by atoms with van der Waals surface area (Å²) in [5.41, 5.74) is 2.01. The number of aryl methyl sites for hydroxylation is 1. The van der Waals surface area contributed by atoms with Crippen LogP contribution in [0.15, 0.2) is 30.2 Å². The largest absolute Gasteiger partial charge is 0.338 e. The van der Waals surface area contributed by atoms with Crippen molar-refractivity contribution in [3.63, 3.8) is 0 Å². The highest BCUT2D eigenvalue weighted by molar-refractivity contribution is 7.15. The first kappa shape index (κ1) is 15.4. The number of aromatic nitrogens is 4. The molecule has 24 heavy (non-hydrogen) atoms. The van der Waals surface area contributed by atoms with E-state index in [-0.39, 0.29) is 11.9 Å². The summed E-state index contributed by atoms with van der Waals surface area (Å²) in [5.74, 6) is 0.175. The van der Waals surface area contributed by atoms with Crippen LogP contribution in [-0.2, 0) is 17.8 Å². The van der Waals surface area contributed by atoms with Crippen molar-refractivity contribution in [3.8, 4) is 0 Å². The van der Waals surface area contributed by atoms with Gasteiger partial charge in [0.25, 0.3) is 0 Å². The highest BCUT2D eigenvalue weighted by Gasteiger charge is 2.27. The molecule has 126 valence electrons. The third-order valence-corrected chi connectivity index (χ3v) is 5.35. The highest BCUT2D eigenvalue weighted by atomic mass is 32.1. The van der Waals surface area contributed by atoms with E-state index in [1.807, 2.05) is 51.1 Å². The molecule has 0 N–H and O–H groups in total. The number of nitrogens with zero attached hydrogens (tertiary/aromatic N) is 5. The van der Waals surface area contributed by atoms with Gasteiger partial charge >= 0.3 is 0 Å². The zero-order valence-corrected chi connectivity index (χ0v) is 14.6. The Morgan fingerprint density at radius 1 is 1.38 bits per heavy atom. The van der Waals surface area contributed by atoms with Crippen molar-refractivity contribution >= 4 is 22.2 Å². The Hall–Kier alpha value is -2.15. The maximum Gasteiger partial charge on any atom is 0.228 e. The Morgan fingerprint density at radius 3 is 3.08 bits per heavy atom. The molecule has 1 fully saturated rings. The van der Waals surface area contributed by atoms with Gasteiger partial charge in [0, 0.05) is 30.5 Å². The monoisotopic (exact) mass is 343 g/mol. The summed E-state index contributed by atoms with van der Waals surface area (Å²) >= 11 is 1.59. The van der Waals surface area contributed by atoms with Gasteiger partial charge in [-0.15, -0.1) is 11.3 Å². The number of fused-ring (bicyclic) bond motifs is 1. The van der Waals surface area contributed by atoms with Gasteiger partial charge in [0.1, 0.15) is 0 Å². The van der Waals surface area contributed by atoms with Crippen LogP contribution in [0.3, 0.4) is 0 Å². The number of likely N-dealkylation sites (tertiary alicyclic amines) is 1. The maximum atomic E-state index is 12.8. The van der Waals surface area contributed by atoms with Crippen molar-refractivity contribution in [3.05, 3.63) is 41.4 Å². The van der Waals surface area contributed by atoms with E-state index < -0.39 is 0 Å². The van der Waals surface area contributed by atoms with Gasteiger partial charge in [-0.2, -0.15) is 5.10 Å². The number of carbonyl (C=O) groups excluding carboxylic acids is 1. The molecule has 1 unspecified atom stereocenters. The highest BCUT2D eigenvalue weighted by Crippen LogP contribution is 2.20. The number of hydrogen-bond acceptors (Lipinski definition) is 4. The summed E-state index contributed by atoms with van der Waals surface area (Å²) in [4.78, 5) is 20.3. The molecule has 3 aromatic rings. The third-order valence-electron chi connectivity index (χ3n) is 4.58. The van der Waals surface area contributed by atoms with Crippen LogP contribution >= 0.6 is 11.3 Å². The van der Waals surface area contributed by atoms with E-state index in [0.29, 0.717) is 6.42 Å². The van der Waals surface area contributed by atoms with Crippen molar-refractivity contribution in [1.29, 1.82) is 0 Å². The van der Waals surface area contributed by atoms with Crippen LogP contribution < -0.4 is 0 Å². The Bertz CT molecular complexity index is 820. The molecule has 0 saturated carbocycles. The summed E-state index contributed by atoms with van der Waals surface area (Å²) in [6.07, 6.45) is 11.5. The van der Waals surface area contributed by atoms with E-state index in [1.165, 1.54) is 6.42 Å². The molecule has 0 aliphatic carbocycles. The van der Waals surface area contributed by atoms with Crippen LogP contribution in [0.2, 0.25) is 0 Å². The topological polar surface area (TPSA) is 55.4 Å². The quantitative estimate of drug-likeness (QED) is 0.731. The summed E-state index contributed by atoms with van der Waals surface area (Å²) in [7, 11) is 0. The number of piperidine rings is 1. The van der Waals surface area contributed by atoms with Gasteiger partial charge in [-0.25, -0.2) is 4.98 Å². The van der Waals surface area contributed by atoms with E-state index in [0.717, 1.165) is 42.1 Å². The van der Waals surface area contributed by atoms with E-state index in [4.69, 9.17) is 0 Å². The van der Waals surface area contributed by atoms with Crippen LogP contribution in [0.5, 0.6) is 0 Å². The molecular weight excluding hydrogens is 322 g/mol. The van der Waals surface area contributed by atoms with E-state index in [2.05, 4.69) is 10.1 Å². The molecule has 1 amide bonds. The van der Waals surface area contributed by atoms with Crippen LogP contribution in [-0.4, -0.2) is 42.6 Å². The minimum absolute atomic E-state index is 0.175. The Balaban J connectivity index is 1.46. The predicted octanol–water partition coefficient (Wildman–Crippen LogP) is 2.52. The summed E-state index contributed by atoms with van der Waals surface area (Å²) < 4.78 is 3.94. The smallest absolute Gasteiger partial charge is 0.228 e. The lowest BCUT2D eigenvalue weighted by Crippen LogP contribution is -2.46. The second-order valence-electron chi connectivity index (χ2n) is 6.48. The van der Waals surface area contributed by atoms with Gasteiger partial charge in [0.2, 0.25) is 5.91 Å². The molecule has 6 nitrogen and oxygen atoms in total. The molecule has 0 radical (unpaired) electrons. The Labute approximate surface area is 144 Å². The van der Waals surface area contributed by atoms with Crippen LogP contribution in [0.1, 0.15) is 30.5 Å². The standard InChI is InChI=1S/C17H21N5OS/c1-13-9-18-21(10-13)12-15-4-2-3-5-22(15)16(23)8-14-11-20-6-7-24-17(20)19-14/h6-7,9-11,15H,2-5,8,12H2,1H3. The first-order valence-electron chi connectivity index (χ1n) is 8.38. The average molecular weight is 343 g/mol. The Kier molecular flexibility index (Phi) is 4.10. The van der Waals surface area contributed by atoms with Crippen molar-refractivity contribution < 1.29 is 4.79 Å². The van der Waals surface area contributed by atoms with Crippen molar-refractivity contribution in [2.24, 2.45) is 0 Å². The van der Waals surface area contributed by atoms with Gasteiger partial charge in [0.05, 0.1) is 30.9 Å². The number of hydrogen-bond donors (Lipinski definition) is 0. The fourth-order valence-corrected chi connectivity index (χ4v) is 4.14. The molecule has 1 aliphatic rings. The second-order valence-corrected chi connectivity index (χ2v) is 7.35. The number of imidazole rings is 1. The molecule has 0 bridgehead atoms. The molecule has 4 heterocycles. The van der Waals surface area contributed by atoms with Gasteiger partial charge in [0.15, 0.2) is 4.96 Å². The maximum absolute atomic E-state index is 12.8. The lowest BCUT2D eigenvalue weighted by atomic mass is 10.0. The van der Waals surface area contributed by atoms with Gasteiger partial charge in [-0.1, -0.05) is 0 Å². The lowest BCUT2D eigenvalue weighted by molar-refractivity contribution is -0.134. The van der Waals surface area contributed by atoms with E-state index in [9.17, 15) is 4.79 Å². The summed E-state index contributed by atoms with van der Waals surface area (Å²) in [6, 6.07) is 0.231. The first-order valence-corrected chi connectivity index (χ1v) is 9.26.